The van der Waals surface area contributed by atoms with E-state index in [0.29, 0.717) is 18.6 Å². The molecule has 4 heteroatoms. The maximum Gasteiger partial charge on any atom is 0.162 e. The summed E-state index contributed by atoms with van der Waals surface area (Å²) >= 11 is 0. The van der Waals surface area contributed by atoms with Crippen molar-refractivity contribution in [2.75, 3.05) is 6.61 Å². The molecule has 0 N–H and O–H groups in total. The quantitative estimate of drug-likeness (QED) is 0.629. The fourth-order valence-electron chi connectivity index (χ4n) is 2.64. The van der Waals surface area contributed by atoms with Crippen molar-refractivity contribution in [1.82, 2.24) is 4.98 Å². The van der Waals surface area contributed by atoms with Crippen molar-refractivity contribution in [3.63, 3.8) is 0 Å². The number of ketones is 1. The van der Waals surface area contributed by atoms with Crippen LogP contribution in [0.15, 0.2) is 66.9 Å². The fourth-order valence-corrected chi connectivity index (χ4v) is 2.64. The standard InChI is InChI=1S/C22H20FNO2/c1-16-6-7-18(13-24-16)12-20(25)15-26-14-17-8-10-19(11-9-17)21-4-2-3-5-22(21)23/h2-11,13H,12,14-15H2,1H3. The van der Waals surface area contributed by atoms with E-state index in [-0.39, 0.29) is 18.2 Å². The number of benzene rings is 2. The second-order valence-electron chi connectivity index (χ2n) is 6.19. The van der Waals surface area contributed by atoms with Gasteiger partial charge in [0, 0.05) is 23.9 Å². The van der Waals surface area contributed by atoms with Crippen LogP contribution < -0.4 is 0 Å². The SMILES string of the molecule is Cc1ccc(CC(=O)COCc2ccc(-c3ccccc3F)cc2)cn1. The number of ether oxygens (including phenoxy) is 1. The molecule has 0 aliphatic rings. The average molecular weight is 349 g/mol. The molecule has 0 amide bonds. The molecule has 26 heavy (non-hydrogen) atoms. The summed E-state index contributed by atoms with van der Waals surface area (Å²) in [6.07, 6.45) is 2.04. The number of rotatable bonds is 7. The molecular weight excluding hydrogens is 329 g/mol. The molecule has 0 fully saturated rings. The Kier molecular flexibility index (Phi) is 5.87. The second kappa shape index (κ2) is 8.50. The maximum atomic E-state index is 13.8. The molecule has 0 saturated carbocycles. The van der Waals surface area contributed by atoms with Gasteiger partial charge in [-0.1, -0.05) is 48.5 Å². The van der Waals surface area contributed by atoms with Crippen LogP contribution in [0.4, 0.5) is 4.39 Å². The van der Waals surface area contributed by atoms with Crippen molar-refractivity contribution in [2.45, 2.75) is 20.0 Å². The largest absolute Gasteiger partial charge is 0.369 e. The van der Waals surface area contributed by atoms with Gasteiger partial charge in [-0.05, 0) is 35.7 Å². The van der Waals surface area contributed by atoms with E-state index in [2.05, 4.69) is 4.98 Å². The zero-order chi connectivity index (χ0) is 18.4. The van der Waals surface area contributed by atoms with Crippen molar-refractivity contribution in [1.29, 1.82) is 0 Å². The van der Waals surface area contributed by atoms with Crippen LogP contribution in [-0.2, 0) is 22.6 Å². The van der Waals surface area contributed by atoms with E-state index in [1.165, 1.54) is 6.07 Å². The number of aryl methyl sites for hydroxylation is 1. The zero-order valence-electron chi connectivity index (χ0n) is 14.6. The van der Waals surface area contributed by atoms with E-state index in [4.69, 9.17) is 4.74 Å². The lowest BCUT2D eigenvalue weighted by atomic mass is 10.0. The van der Waals surface area contributed by atoms with Crippen LogP contribution in [0.3, 0.4) is 0 Å². The summed E-state index contributed by atoms with van der Waals surface area (Å²) in [4.78, 5) is 16.1. The fraction of sp³-hybridized carbons (Fsp3) is 0.182. The lowest BCUT2D eigenvalue weighted by Gasteiger charge is -2.07. The molecule has 1 heterocycles. The van der Waals surface area contributed by atoms with Gasteiger partial charge in [-0.25, -0.2) is 4.39 Å². The van der Waals surface area contributed by atoms with E-state index >= 15 is 0 Å². The summed E-state index contributed by atoms with van der Waals surface area (Å²) in [7, 11) is 0. The van der Waals surface area contributed by atoms with Gasteiger partial charge in [0.05, 0.1) is 6.61 Å². The third-order valence-corrected chi connectivity index (χ3v) is 4.04. The first-order chi connectivity index (χ1) is 12.6. The number of hydrogen-bond donors (Lipinski definition) is 0. The Labute approximate surface area is 152 Å². The van der Waals surface area contributed by atoms with Crippen LogP contribution in [0.1, 0.15) is 16.8 Å². The first-order valence-electron chi connectivity index (χ1n) is 8.46. The molecule has 0 unspecified atom stereocenters. The Bertz CT molecular complexity index is 873. The summed E-state index contributed by atoms with van der Waals surface area (Å²) in [5.41, 5.74) is 4.14. The molecule has 0 aliphatic carbocycles. The Hall–Kier alpha value is -2.85. The second-order valence-corrected chi connectivity index (χ2v) is 6.19. The van der Waals surface area contributed by atoms with Crippen molar-refractivity contribution in [3.05, 3.63) is 89.5 Å². The smallest absolute Gasteiger partial charge is 0.162 e. The highest BCUT2D eigenvalue weighted by atomic mass is 19.1. The molecule has 0 spiro atoms. The summed E-state index contributed by atoms with van der Waals surface area (Å²) in [6.45, 7) is 2.31. The zero-order valence-corrected chi connectivity index (χ0v) is 14.6. The van der Waals surface area contributed by atoms with Crippen LogP contribution in [0.2, 0.25) is 0 Å². The Morgan fingerprint density at radius 2 is 1.73 bits per heavy atom. The Balaban J connectivity index is 1.50. The molecule has 0 atom stereocenters. The number of carbonyl (C=O) groups excluding carboxylic acids is 1. The van der Waals surface area contributed by atoms with Crippen molar-refractivity contribution >= 4 is 5.78 Å². The predicted octanol–water partition coefficient (Wildman–Crippen LogP) is 4.52. The molecule has 3 aromatic rings. The number of nitrogens with zero attached hydrogens (tertiary/aromatic N) is 1. The van der Waals surface area contributed by atoms with E-state index in [9.17, 15) is 9.18 Å². The first kappa shape index (κ1) is 18.0. The van der Waals surface area contributed by atoms with E-state index in [1.807, 2.05) is 49.4 Å². The number of pyridine rings is 1. The number of Topliss-reactive ketones (excluding diaryl/α,β-unsaturated/α-hetero) is 1. The van der Waals surface area contributed by atoms with E-state index in [0.717, 1.165) is 22.4 Å². The Morgan fingerprint density at radius 3 is 2.42 bits per heavy atom. The molecule has 3 rings (SSSR count). The summed E-state index contributed by atoms with van der Waals surface area (Å²) < 4.78 is 19.3. The molecule has 132 valence electrons. The first-order valence-corrected chi connectivity index (χ1v) is 8.46. The molecule has 1 aromatic heterocycles. The summed E-state index contributed by atoms with van der Waals surface area (Å²) in [6, 6.07) is 18.0. The van der Waals surface area contributed by atoms with E-state index in [1.54, 1.807) is 18.3 Å². The van der Waals surface area contributed by atoms with Gasteiger partial charge in [-0.3, -0.25) is 9.78 Å². The molecule has 0 saturated heterocycles. The van der Waals surface area contributed by atoms with Gasteiger partial charge in [0.25, 0.3) is 0 Å². The average Bonchev–Trinajstić information content (AvgIpc) is 2.65. The molecule has 2 aromatic carbocycles. The Morgan fingerprint density at radius 1 is 1.00 bits per heavy atom. The predicted molar refractivity (Wildman–Crippen MR) is 99.2 cm³/mol. The normalized spacial score (nSPS) is 10.7. The molecule has 0 aliphatic heterocycles. The third kappa shape index (κ3) is 4.83. The van der Waals surface area contributed by atoms with E-state index < -0.39 is 0 Å². The van der Waals surface area contributed by atoms with Crippen LogP contribution >= 0.6 is 0 Å². The number of carbonyl (C=O) groups is 1. The summed E-state index contributed by atoms with van der Waals surface area (Å²) in [5.74, 6) is -0.230. The third-order valence-electron chi connectivity index (χ3n) is 4.04. The van der Waals surface area contributed by atoms with Gasteiger partial charge in [0.1, 0.15) is 12.4 Å². The minimum atomic E-state index is -0.243. The molecular formula is C22H20FNO2. The van der Waals surface area contributed by atoms with Crippen LogP contribution in [-0.4, -0.2) is 17.4 Å². The maximum absolute atomic E-state index is 13.8. The summed E-state index contributed by atoms with van der Waals surface area (Å²) in [5, 5.41) is 0. The number of hydrogen-bond acceptors (Lipinski definition) is 3. The highest BCUT2D eigenvalue weighted by Crippen LogP contribution is 2.22. The number of halogens is 1. The lowest BCUT2D eigenvalue weighted by molar-refractivity contribution is -0.123. The van der Waals surface area contributed by atoms with Gasteiger partial charge >= 0.3 is 0 Å². The minimum absolute atomic E-state index is 0.0126. The van der Waals surface area contributed by atoms with Gasteiger partial charge in [-0.15, -0.1) is 0 Å². The van der Waals surface area contributed by atoms with Crippen molar-refractivity contribution in [3.8, 4) is 11.1 Å². The van der Waals surface area contributed by atoms with Gasteiger partial charge in [0.2, 0.25) is 0 Å². The monoisotopic (exact) mass is 349 g/mol. The van der Waals surface area contributed by atoms with Gasteiger partial charge in [0.15, 0.2) is 5.78 Å². The van der Waals surface area contributed by atoms with Crippen molar-refractivity contribution in [2.24, 2.45) is 0 Å². The minimum Gasteiger partial charge on any atom is -0.369 e. The van der Waals surface area contributed by atoms with Crippen LogP contribution in [0, 0.1) is 12.7 Å². The lowest BCUT2D eigenvalue weighted by Crippen LogP contribution is -2.11. The molecule has 0 bridgehead atoms. The van der Waals surface area contributed by atoms with Crippen LogP contribution in [0.5, 0.6) is 0 Å². The highest BCUT2D eigenvalue weighted by Gasteiger charge is 2.06. The van der Waals surface area contributed by atoms with Gasteiger partial charge < -0.3 is 4.74 Å². The van der Waals surface area contributed by atoms with Crippen LogP contribution in [0.25, 0.3) is 11.1 Å². The van der Waals surface area contributed by atoms with Gasteiger partial charge in [-0.2, -0.15) is 0 Å². The van der Waals surface area contributed by atoms with Crippen molar-refractivity contribution < 1.29 is 13.9 Å². The highest BCUT2D eigenvalue weighted by molar-refractivity contribution is 5.81. The molecule has 0 radical (unpaired) electrons. The molecule has 3 nitrogen and oxygen atoms in total. The number of aromatic nitrogens is 1. The topological polar surface area (TPSA) is 39.2 Å².